The van der Waals surface area contributed by atoms with Crippen LogP contribution in [0.25, 0.3) is 0 Å². The lowest BCUT2D eigenvalue weighted by molar-refractivity contribution is -0.121. The van der Waals surface area contributed by atoms with Crippen LogP contribution in [0, 0.1) is 0 Å². The monoisotopic (exact) mass is 354 g/mol. The first kappa shape index (κ1) is 17.1. The molecule has 0 aromatic carbocycles. The van der Waals surface area contributed by atoms with E-state index in [1.807, 2.05) is 0 Å². The Kier molecular flexibility index (Phi) is 5.42. The second-order valence-corrected chi connectivity index (χ2v) is 7.66. The van der Waals surface area contributed by atoms with Crippen molar-refractivity contribution in [3.63, 3.8) is 0 Å². The molecule has 122 valence electrons. The molecule has 0 atom stereocenters. The summed E-state index contributed by atoms with van der Waals surface area (Å²) >= 11 is 1.06. The fourth-order valence-corrected chi connectivity index (χ4v) is 3.91. The van der Waals surface area contributed by atoms with Crippen molar-refractivity contribution < 1.29 is 18.0 Å². The number of likely N-dealkylation sites (N-methyl/N-ethyl adjacent to an activating group) is 1. The summed E-state index contributed by atoms with van der Waals surface area (Å²) in [6, 6.07) is 6.18. The van der Waals surface area contributed by atoms with Crippen LogP contribution < -0.4 is 10.9 Å². The lowest BCUT2D eigenvalue weighted by atomic mass is 10.3. The summed E-state index contributed by atoms with van der Waals surface area (Å²) in [5.74, 6) is -1.21. The minimum Gasteiger partial charge on any atom is -0.272 e. The number of amides is 2. The van der Waals surface area contributed by atoms with Gasteiger partial charge in [0, 0.05) is 19.4 Å². The van der Waals surface area contributed by atoms with Gasteiger partial charge in [0.2, 0.25) is 0 Å². The topological polar surface area (TPSA) is 108 Å². The normalized spacial score (nSPS) is 11.2. The molecule has 8 nitrogen and oxygen atoms in total. The average Bonchev–Trinajstić information content (AvgIpc) is 3.08. The molecular weight excluding hydrogens is 340 g/mol. The van der Waals surface area contributed by atoms with E-state index < -0.39 is 28.4 Å². The van der Waals surface area contributed by atoms with Crippen molar-refractivity contribution in [2.24, 2.45) is 0 Å². The molecule has 10 heteroatoms. The van der Waals surface area contributed by atoms with E-state index in [0.29, 0.717) is 0 Å². The van der Waals surface area contributed by atoms with Crippen LogP contribution in [0.5, 0.6) is 0 Å². The first-order chi connectivity index (χ1) is 10.9. The van der Waals surface area contributed by atoms with Crippen LogP contribution in [0.15, 0.2) is 46.2 Å². The van der Waals surface area contributed by atoms with E-state index >= 15 is 0 Å². The maximum absolute atomic E-state index is 12.1. The number of hydrogen-bond donors (Lipinski definition) is 2. The maximum atomic E-state index is 12.1. The third-order valence-electron chi connectivity index (χ3n) is 2.77. The minimum atomic E-state index is -3.71. The van der Waals surface area contributed by atoms with Gasteiger partial charge < -0.3 is 0 Å². The number of carbonyl (C=O) groups excluding carboxylic acids is 2. The summed E-state index contributed by atoms with van der Waals surface area (Å²) in [6.07, 6.45) is 2.86. The molecule has 0 saturated carbocycles. The van der Waals surface area contributed by atoms with Crippen LogP contribution in [0.2, 0.25) is 0 Å². The molecule has 2 aromatic heterocycles. The summed E-state index contributed by atoms with van der Waals surface area (Å²) in [5.41, 5.74) is 4.62. The Labute approximate surface area is 137 Å². The number of hydrazine groups is 1. The number of thiophene rings is 1. The van der Waals surface area contributed by atoms with Gasteiger partial charge in [-0.15, -0.1) is 11.3 Å². The van der Waals surface area contributed by atoms with Gasteiger partial charge in [-0.3, -0.25) is 25.4 Å². The molecular formula is C13H14N4O4S2. The molecule has 2 aromatic rings. The number of nitrogens with zero attached hydrogens (tertiary/aromatic N) is 2. The molecule has 0 aliphatic rings. The van der Waals surface area contributed by atoms with Gasteiger partial charge in [-0.05, 0) is 23.6 Å². The number of pyridine rings is 1. The lowest BCUT2D eigenvalue weighted by Crippen LogP contribution is -2.46. The van der Waals surface area contributed by atoms with Gasteiger partial charge in [0.25, 0.3) is 21.8 Å². The van der Waals surface area contributed by atoms with Crippen LogP contribution in [-0.4, -0.2) is 43.1 Å². The second-order valence-electron chi connectivity index (χ2n) is 4.44. The quantitative estimate of drug-likeness (QED) is 0.747. The molecule has 2 rings (SSSR count). The van der Waals surface area contributed by atoms with Crippen molar-refractivity contribution >= 4 is 33.2 Å². The smallest absolute Gasteiger partial charge is 0.271 e. The number of carbonyl (C=O) groups is 2. The fourth-order valence-electron chi connectivity index (χ4n) is 1.59. The molecule has 0 fully saturated rings. The predicted molar refractivity (Wildman–Crippen MR) is 84.0 cm³/mol. The van der Waals surface area contributed by atoms with E-state index in [1.165, 1.54) is 31.6 Å². The molecule has 0 aliphatic heterocycles. The molecule has 0 saturated heterocycles. The van der Waals surface area contributed by atoms with Crippen LogP contribution in [0.1, 0.15) is 10.4 Å². The highest BCUT2D eigenvalue weighted by molar-refractivity contribution is 7.91. The number of hydrogen-bond acceptors (Lipinski definition) is 6. The molecule has 2 heterocycles. The van der Waals surface area contributed by atoms with Crippen LogP contribution in [0.3, 0.4) is 0 Å². The zero-order valence-electron chi connectivity index (χ0n) is 12.1. The highest BCUT2D eigenvalue weighted by atomic mass is 32.2. The van der Waals surface area contributed by atoms with Crippen LogP contribution in [-0.2, 0) is 14.8 Å². The standard InChI is InChI=1S/C13H14N4O4S2/c1-17(23(20,21)12-5-3-7-22-12)9-11(18)15-16-13(19)10-4-2-6-14-8-10/h2-8H,9H2,1H3,(H,15,18)(H,16,19). The van der Waals surface area contributed by atoms with E-state index in [4.69, 9.17) is 0 Å². The van der Waals surface area contributed by atoms with E-state index in [2.05, 4.69) is 15.8 Å². The predicted octanol–water partition coefficient (Wildman–Crippen LogP) is 0.225. The highest BCUT2D eigenvalue weighted by Gasteiger charge is 2.23. The van der Waals surface area contributed by atoms with Gasteiger partial charge in [-0.2, -0.15) is 4.31 Å². The number of sulfonamides is 1. The largest absolute Gasteiger partial charge is 0.272 e. The Bertz CT molecular complexity index is 776. The van der Waals surface area contributed by atoms with Gasteiger partial charge in [-0.1, -0.05) is 6.07 Å². The average molecular weight is 354 g/mol. The maximum Gasteiger partial charge on any atom is 0.271 e. The van der Waals surface area contributed by atoms with E-state index in [9.17, 15) is 18.0 Å². The summed E-state index contributed by atoms with van der Waals surface area (Å²) in [6.45, 7) is -0.423. The molecule has 2 N–H and O–H groups in total. The Morgan fingerprint density at radius 3 is 2.65 bits per heavy atom. The van der Waals surface area contributed by atoms with Gasteiger partial charge in [-0.25, -0.2) is 8.42 Å². The number of rotatable bonds is 5. The van der Waals surface area contributed by atoms with E-state index in [-0.39, 0.29) is 9.77 Å². The zero-order valence-corrected chi connectivity index (χ0v) is 13.7. The zero-order chi connectivity index (χ0) is 16.9. The summed E-state index contributed by atoms with van der Waals surface area (Å²) in [5, 5.41) is 1.63. The third kappa shape index (κ3) is 4.34. The molecule has 0 spiro atoms. The molecule has 0 aliphatic carbocycles. The van der Waals surface area contributed by atoms with Crippen molar-refractivity contribution in [2.75, 3.05) is 13.6 Å². The van der Waals surface area contributed by atoms with Gasteiger partial charge in [0.15, 0.2) is 0 Å². The summed E-state index contributed by atoms with van der Waals surface area (Å²) in [4.78, 5) is 27.3. The van der Waals surface area contributed by atoms with Crippen molar-refractivity contribution in [3.8, 4) is 0 Å². The molecule has 23 heavy (non-hydrogen) atoms. The molecule has 0 radical (unpaired) electrons. The van der Waals surface area contributed by atoms with Gasteiger partial charge in [0.05, 0.1) is 12.1 Å². The molecule has 0 unspecified atom stereocenters. The van der Waals surface area contributed by atoms with Crippen molar-refractivity contribution in [1.82, 2.24) is 20.1 Å². The second kappa shape index (κ2) is 7.31. The van der Waals surface area contributed by atoms with Gasteiger partial charge >= 0.3 is 0 Å². The summed E-state index contributed by atoms with van der Waals surface area (Å²) in [7, 11) is -2.42. The first-order valence-electron chi connectivity index (χ1n) is 6.40. The van der Waals surface area contributed by atoms with Crippen LogP contribution in [0.4, 0.5) is 0 Å². The Morgan fingerprint density at radius 2 is 2.04 bits per heavy atom. The third-order valence-corrected chi connectivity index (χ3v) is 5.94. The van der Waals surface area contributed by atoms with Crippen molar-refractivity contribution in [3.05, 3.63) is 47.6 Å². The van der Waals surface area contributed by atoms with Crippen LogP contribution >= 0.6 is 11.3 Å². The first-order valence-corrected chi connectivity index (χ1v) is 8.72. The number of nitrogens with one attached hydrogen (secondary N) is 2. The molecule has 0 bridgehead atoms. The Balaban J connectivity index is 1.89. The van der Waals surface area contributed by atoms with E-state index in [0.717, 1.165) is 15.6 Å². The lowest BCUT2D eigenvalue weighted by Gasteiger charge is -2.15. The Hall–Kier alpha value is -2.30. The minimum absolute atomic E-state index is 0.146. The van der Waals surface area contributed by atoms with Crippen molar-refractivity contribution in [2.45, 2.75) is 4.21 Å². The summed E-state index contributed by atoms with van der Waals surface area (Å²) < 4.78 is 25.4. The van der Waals surface area contributed by atoms with E-state index in [1.54, 1.807) is 17.5 Å². The van der Waals surface area contributed by atoms with Crippen molar-refractivity contribution in [1.29, 1.82) is 0 Å². The fraction of sp³-hybridized carbons (Fsp3) is 0.154. The van der Waals surface area contributed by atoms with Gasteiger partial charge in [0.1, 0.15) is 4.21 Å². The highest BCUT2D eigenvalue weighted by Crippen LogP contribution is 2.19. The SMILES string of the molecule is CN(CC(=O)NNC(=O)c1cccnc1)S(=O)(=O)c1cccs1. The number of aromatic nitrogens is 1. The Morgan fingerprint density at radius 1 is 1.26 bits per heavy atom. The molecule has 2 amide bonds.